The summed E-state index contributed by atoms with van der Waals surface area (Å²) in [5.74, 6) is 0.0820. The van der Waals surface area contributed by atoms with E-state index in [0.717, 1.165) is 19.6 Å². The molecule has 7 heteroatoms. The molecule has 1 aromatic carbocycles. The lowest BCUT2D eigenvalue weighted by Gasteiger charge is -2.35. The number of amides is 1. The van der Waals surface area contributed by atoms with Crippen LogP contribution in [0.4, 0.5) is 0 Å². The Balaban J connectivity index is 1.52. The van der Waals surface area contributed by atoms with Gasteiger partial charge in [-0.15, -0.1) is 0 Å². The molecule has 0 saturated carbocycles. The van der Waals surface area contributed by atoms with Gasteiger partial charge < -0.3 is 4.90 Å². The number of piperazine rings is 1. The van der Waals surface area contributed by atoms with Crippen LogP contribution in [0, 0.1) is 11.3 Å². The number of benzene rings is 1. The van der Waals surface area contributed by atoms with Gasteiger partial charge in [0, 0.05) is 32.7 Å². The van der Waals surface area contributed by atoms with Crippen molar-refractivity contribution in [3.8, 4) is 6.07 Å². The molecule has 124 valence electrons. The van der Waals surface area contributed by atoms with Crippen LogP contribution in [-0.2, 0) is 11.3 Å². The molecule has 1 aliphatic rings. The van der Waals surface area contributed by atoms with E-state index in [1.807, 2.05) is 36.1 Å². The van der Waals surface area contributed by atoms with E-state index in [-0.39, 0.29) is 11.9 Å². The van der Waals surface area contributed by atoms with Gasteiger partial charge in [0.15, 0.2) is 0 Å². The predicted molar refractivity (Wildman–Crippen MR) is 87.7 cm³/mol. The van der Waals surface area contributed by atoms with Crippen molar-refractivity contribution in [2.24, 2.45) is 0 Å². The molecule has 1 aromatic heterocycles. The van der Waals surface area contributed by atoms with Crippen molar-refractivity contribution in [3.05, 3.63) is 48.0 Å². The summed E-state index contributed by atoms with van der Waals surface area (Å²) in [6, 6.07) is 9.47. The van der Waals surface area contributed by atoms with Crippen LogP contribution in [0.25, 0.3) is 0 Å². The minimum Gasteiger partial charge on any atom is -0.338 e. The van der Waals surface area contributed by atoms with Crippen LogP contribution in [0.5, 0.6) is 0 Å². The number of nitrogens with zero attached hydrogens (tertiary/aromatic N) is 6. The van der Waals surface area contributed by atoms with Crippen molar-refractivity contribution >= 4 is 5.91 Å². The molecule has 0 aliphatic carbocycles. The Kier molecular flexibility index (Phi) is 4.87. The number of carbonyl (C=O) groups is 1. The lowest BCUT2D eigenvalue weighted by atomic mass is 10.1. The summed E-state index contributed by atoms with van der Waals surface area (Å²) in [6.07, 6.45) is 3.02. The molecule has 24 heavy (non-hydrogen) atoms. The van der Waals surface area contributed by atoms with Crippen molar-refractivity contribution in [1.82, 2.24) is 24.6 Å². The summed E-state index contributed by atoms with van der Waals surface area (Å²) < 4.78 is 1.59. The molecule has 0 spiro atoms. The average Bonchev–Trinajstić information content (AvgIpc) is 3.16. The zero-order valence-electron chi connectivity index (χ0n) is 13.7. The van der Waals surface area contributed by atoms with Crippen LogP contribution >= 0.6 is 0 Å². The molecule has 1 atom stereocenters. The molecule has 3 rings (SSSR count). The Morgan fingerprint density at radius 3 is 2.54 bits per heavy atom. The van der Waals surface area contributed by atoms with Crippen molar-refractivity contribution in [2.75, 3.05) is 26.2 Å². The highest BCUT2D eigenvalue weighted by molar-refractivity contribution is 5.80. The number of hydrogen-bond donors (Lipinski definition) is 0. The molecule has 2 heterocycles. The lowest BCUT2D eigenvalue weighted by molar-refractivity contribution is -0.136. The topological polar surface area (TPSA) is 78.0 Å². The lowest BCUT2D eigenvalue weighted by Crippen LogP contribution is -2.49. The van der Waals surface area contributed by atoms with E-state index >= 15 is 0 Å². The summed E-state index contributed by atoms with van der Waals surface area (Å²) in [4.78, 5) is 20.6. The van der Waals surface area contributed by atoms with E-state index in [2.05, 4.69) is 21.1 Å². The molecule has 0 N–H and O–H groups in total. The molecule has 0 bridgehead atoms. The summed E-state index contributed by atoms with van der Waals surface area (Å²) >= 11 is 0. The fourth-order valence-electron chi connectivity index (χ4n) is 2.86. The molecule has 7 nitrogen and oxygen atoms in total. The van der Waals surface area contributed by atoms with Crippen LogP contribution < -0.4 is 0 Å². The van der Waals surface area contributed by atoms with Crippen LogP contribution in [-0.4, -0.2) is 56.7 Å². The highest BCUT2D eigenvalue weighted by Gasteiger charge is 2.26. The van der Waals surface area contributed by atoms with E-state index in [4.69, 9.17) is 5.26 Å². The minimum atomic E-state index is -0.322. The highest BCUT2D eigenvalue weighted by Crippen LogP contribution is 2.13. The van der Waals surface area contributed by atoms with Crippen molar-refractivity contribution < 1.29 is 4.79 Å². The molecule has 1 fully saturated rings. The van der Waals surface area contributed by atoms with E-state index in [0.29, 0.717) is 18.7 Å². The highest BCUT2D eigenvalue weighted by atomic mass is 16.2. The Labute approximate surface area is 141 Å². The normalized spacial score (nSPS) is 16.6. The van der Waals surface area contributed by atoms with Crippen LogP contribution in [0.1, 0.15) is 24.1 Å². The smallest absolute Gasteiger partial charge is 0.247 e. The summed E-state index contributed by atoms with van der Waals surface area (Å²) in [7, 11) is 0. The van der Waals surface area contributed by atoms with E-state index < -0.39 is 0 Å². The van der Waals surface area contributed by atoms with E-state index in [9.17, 15) is 4.79 Å². The third kappa shape index (κ3) is 3.60. The van der Waals surface area contributed by atoms with Gasteiger partial charge >= 0.3 is 0 Å². The first-order valence-electron chi connectivity index (χ1n) is 8.01. The minimum absolute atomic E-state index is 0.0820. The van der Waals surface area contributed by atoms with Gasteiger partial charge in [-0.3, -0.25) is 9.69 Å². The summed E-state index contributed by atoms with van der Waals surface area (Å²) in [5.41, 5.74) is 1.86. The summed E-state index contributed by atoms with van der Waals surface area (Å²) in [5, 5.41) is 12.9. The second-order valence-corrected chi connectivity index (χ2v) is 5.96. The quantitative estimate of drug-likeness (QED) is 0.840. The van der Waals surface area contributed by atoms with Gasteiger partial charge in [0.1, 0.15) is 18.7 Å². The van der Waals surface area contributed by atoms with Gasteiger partial charge in [-0.1, -0.05) is 12.1 Å². The number of nitriles is 1. The first-order chi connectivity index (χ1) is 11.7. The van der Waals surface area contributed by atoms with Gasteiger partial charge in [0.2, 0.25) is 5.91 Å². The third-order valence-corrected chi connectivity index (χ3v) is 4.36. The fraction of sp³-hybridized carbons (Fsp3) is 0.412. The third-order valence-electron chi connectivity index (χ3n) is 4.36. The molecular weight excluding hydrogens is 304 g/mol. The SMILES string of the molecule is C[C@H](C(=O)N1CCN(Cc2ccc(C#N)cc2)CC1)n1cncn1. The second kappa shape index (κ2) is 7.23. The van der Waals surface area contributed by atoms with Gasteiger partial charge in [-0.05, 0) is 24.6 Å². The average molecular weight is 324 g/mol. The maximum absolute atomic E-state index is 12.5. The Morgan fingerprint density at radius 1 is 1.25 bits per heavy atom. The second-order valence-electron chi connectivity index (χ2n) is 5.96. The van der Waals surface area contributed by atoms with E-state index in [1.165, 1.54) is 11.9 Å². The van der Waals surface area contributed by atoms with Gasteiger partial charge in [-0.2, -0.15) is 10.4 Å². The number of aromatic nitrogens is 3. The zero-order valence-corrected chi connectivity index (χ0v) is 13.7. The monoisotopic (exact) mass is 324 g/mol. The standard InChI is InChI=1S/C17H20N6O/c1-14(23-13-19-12-20-23)17(24)22-8-6-21(7-9-22)11-16-4-2-15(10-18)3-5-16/h2-5,12-14H,6-9,11H2,1H3/t14-/m1/s1. The fourth-order valence-corrected chi connectivity index (χ4v) is 2.86. The van der Waals surface area contributed by atoms with Crippen LogP contribution in [0.15, 0.2) is 36.9 Å². The van der Waals surface area contributed by atoms with Crippen molar-refractivity contribution in [1.29, 1.82) is 5.26 Å². The Morgan fingerprint density at radius 2 is 1.96 bits per heavy atom. The molecule has 1 amide bonds. The van der Waals surface area contributed by atoms with Crippen LogP contribution in [0.3, 0.4) is 0 Å². The maximum Gasteiger partial charge on any atom is 0.247 e. The van der Waals surface area contributed by atoms with Gasteiger partial charge in [0.25, 0.3) is 0 Å². The first-order valence-corrected chi connectivity index (χ1v) is 8.01. The number of carbonyl (C=O) groups excluding carboxylic acids is 1. The Hall–Kier alpha value is -2.72. The molecule has 1 aliphatic heterocycles. The Bertz CT molecular complexity index is 711. The van der Waals surface area contributed by atoms with Gasteiger partial charge in [-0.25, -0.2) is 9.67 Å². The zero-order chi connectivity index (χ0) is 16.9. The molecule has 1 saturated heterocycles. The van der Waals surface area contributed by atoms with Gasteiger partial charge in [0.05, 0.1) is 11.6 Å². The number of rotatable bonds is 4. The summed E-state index contributed by atoms with van der Waals surface area (Å²) in [6.45, 7) is 5.81. The number of hydrogen-bond acceptors (Lipinski definition) is 5. The maximum atomic E-state index is 12.5. The van der Waals surface area contributed by atoms with E-state index in [1.54, 1.807) is 11.0 Å². The molecule has 0 unspecified atom stereocenters. The largest absolute Gasteiger partial charge is 0.338 e. The predicted octanol–water partition coefficient (Wildman–Crippen LogP) is 1.06. The van der Waals surface area contributed by atoms with Crippen molar-refractivity contribution in [3.63, 3.8) is 0 Å². The molecular formula is C17H20N6O. The van der Waals surface area contributed by atoms with Crippen molar-refractivity contribution in [2.45, 2.75) is 19.5 Å². The molecule has 0 radical (unpaired) electrons. The molecule has 2 aromatic rings. The first kappa shape index (κ1) is 16.1. The van der Waals surface area contributed by atoms with Crippen LogP contribution in [0.2, 0.25) is 0 Å².